The molecule has 7 nitrogen and oxygen atoms in total. The molecule has 2 aromatic rings. The van der Waals surface area contributed by atoms with Crippen molar-refractivity contribution in [3.63, 3.8) is 0 Å². The average Bonchev–Trinajstić information content (AvgIpc) is 2.78. The van der Waals surface area contributed by atoms with E-state index >= 15 is 0 Å². The molecule has 0 saturated heterocycles. The highest BCUT2D eigenvalue weighted by Crippen LogP contribution is 2.23. The van der Waals surface area contributed by atoms with Crippen LogP contribution < -0.4 is 9.62 Å². The van der Waals surface area contributed by atoms with Gasteiger partial charge in [-0.2, -0.15) is 0 Å². The van der Waals surface area contributed by atoms with E-state index in [0.29, 0.717) is 18.7 Å². The van der Waals surface area contributed by atoms with Crippen LogP contribution >= 0.6 is 15.9 Å². The van der Waals surface area contributed by atoms with Gasteiger partial charge in [-0.1, -0.05) is 53.2 Å². The Bertz CT molecular complexity index is 1090. The lowest BCUT2D eigenvalue weighted by molar-refractivity contribution is -0.140. The first-order valence-corrected chi connectivity index (χ1v) is 14.0. The number of nitrogens with one attached hydrogen (secondary N) is 1. The van der Waals surface area contributed by atoms with Gasteiger partial charge in [-0.05, 0) is 56.0 Å². The molecule has 0 unspecified atom stereocenters. The number of amides is 2. The van der Waals surface area contributed by atoms with Crippen molar-refractivity contribution in [1.82, 2.24) is 10.2 Å². The molecule has 1 atom stereocenters. The quantitative estimate of drug-likeness (QED) is 0.427. The van der Waals surface area contributed by atoms with E-state index in [-0.39, 0.29) is 31.3 Å². The largest absolute Gasteiger partial charge is 0.354 e. The van der Waals surface area contributed by atoms with Crippen LogP contribution in [-0.4, -0.2) is 50.5 Å². The third-order valence-corrected chi connectivity index (χ3v) is 7.17. The minimum Gasteiger partial charge on any atom is -0.354 e. The minimum atomic E-state index is -3.51. The number of hydrogen-bond donors (Lipinski definition) is 1. The Balaban J connectivity index is 2.16. The van der Waals surface area contributed by atoms with E-state index in [2.05, 4.69) is 21.2 Å². The third kappa shape index (κ3) is 8.13. The third-order valence-electron chi connectivity index (χ3n) is 5.49. The average molecular weight is 553 g/mol. The minimum absolute atomic E-state index is 0.122. The number of rotatable bonds is 12. The zero-order chi connectivity index (χ0) is 25.3. The summed E-state index contributed by atoms with van der Waals surface area (Å²) in [7, 11) is -3.51. The molecule has 0 heterocycles. The predicted octanol–water partition coefficient (Wildman–Crippen LogP) is 4.25. The molecule has 2 aromatic carbocycles. The van der Waals surface area contributed by atoms with Crippen LogP contribution in [0.1, 0.15) is 44.2 Å². The van der Waals surface area contributed by atoms with Crippen molar-refractivity contribution in [3.8, 4) is 0 Å². The summed E-state index contributed by atoms with van der Waals surface area (Å²) in [4.78, 5) is 27.5. The summed E-state index contributed by atoms with van der Waals surface area (Å²) in [6.07, 6.45) is 2.43. The lowest BCUT2D eigenvalue weighted by Crippen LogP contribution is -2.47. The van der Waals surface area contributed by atoms with Gasteiger partial charge < -0.3 is 10.2 Å². The monoisotopic (exact) mass is 551 g/mol. The number of aryl methyl sites for hydroxylation is 1. The van der Waals surface area contributed by atoms with E-state index in [4.69, 9.17) is 0 Å². The van der Waals surface area contributed by atoms with Crippen LogP contribution in [0.2, 0.25) is 0 Å². The van der Waals surface area contributed by atoms with Crippen LogP contribution in [0, 0.1) is 6.92 Å². The number of para-hydroxylation sites is 1. The van der Waals surface area contributed by atoms with Crippen molar-refractivity contribution in [2.45, 2.75) is 52.6 Å². The maximum atomic E-state index is 13.3. The molecular weight excluding hydrogens is 518 g/mol. The van der Waals surface area contributed by atoms with E-state index in [1.165, 1.54) is 10.6 Å². The second-order valence-corrected chi connectivity index (χ2v) is 11.2. The Morgan fingerprint density at radius 2 is 1.82 bits per heavy atom. The fourth-order valence-corrected chi connectivity index (χ4v) is 5.11. The van der Waals surface area contributed by atoms with Crippen molar-refractivity contribution in [1.29, 1.82) is 0 Å². The molecule has 0 bridgehead atoms. The molecular formula is C25H34BrN3O4S. The van der Waals surface area contributed by atoms with E-state index in [0.717, 1.165) is 22.0 Å². The summed E-state index contributed by atoms with van der Waals surface area (Å²) in [5.74, 6) is -0.403. The molecule has 1 N–H and O–H groups in total. The van der Waals surface area contributed by atoms with Crippen molar-refractivity contribution in [2.24, 2.45) is 0 Å². The van der Waals surface area contributed by atoms with Gasteiger partial charge in [0, 0.05) is 30.5 Å². The highest BCUT2D eigenvalue weighted by molar-refractivity contribution is 9.10. The summed E-state index contributed by atoms with van der Waals surface area (Å²) in [5.41, 5.74) is 2.35. The fraction of sp³-hybridized carbons (Fsp3) is 0.440. The van der Waals surface area contributed by atoms with E-state index < -0.39 is 16.1 Å². The number of carbonyl (C=O) groups excluding carboxylic acids is 2. The van der Waals surface area contributed by atoms with Crippen LogP contribution in [0.25, 0.3) is 0 Å². The van der Waals surface area contributed by atoms with Crippen molar-refractivity contribution >= 4 is 43.5 Å². The molecule has 0 aliphatic rings. The van der Waals surface area contributed by atoms with Crippen LogP contribution in [-0.2, 0) is 26.2 Å². The first kappa shape index (κ1) is 27.9. The van der Waals surface area contributed by atoms with Crippen LogP contribution in [0.15, 0.2) is 53.0 Å². The lowest BCUT2D eigenvalue weighted by atomic mass is 10.1. The smallest absolute Gasteiger partial charge is 0.242 e. The molecule has 34 heavy (non-hydrogen) atoms. The van der Waals surface area contributed by atoms with Crippen LogP contribution in [0.4, 0.5) is 5.69 Å². The normalized spacial score (nSPS) is 12.1. The maximum absolute atomic E-state index is 13.3. The van der Waals surface area contributed by atoms with Gasteiger partial charge in [0.25, 0.3) is 0 Å². The zero-order valence-electron chi connectivity index (χ0n) is 20.3. The van der Waals surface area contributed by atoms with Crippen molar-refractivity contribution in [3.05, 3.63) is 64.1 Å². The van der Waals surface area contributed by atoms with Gasteiger partial charge in [-0.15, -0.1) is 0 Å². The summed E-state index contributed by atoms with van der Waals surface area (Å²) in [5, 5.41) is 2.86. The van der Waals surface area contributed by atoms with E-state index in [1.54, 1.807) is 24.0 Å². The number of nitrogens with zero attached hydrogens (tertiary/aromatic N) is 2. The first-order valence-electron chi connectivity index (χ1n) is 11.4. The molecule has 0 aliphatic carbocycles. The van der Waals surface area contributed by atoms with Gasteiger partial charge in [0.2, 0.25) is 21.8 Å². The summed E-state index contributed by atoms with van der Waals surface area (Å²) in [6.45, 7) is 6.55. The number of anilines is 1. The molecule has 186 valence electrons. The van der Waals surface area contributed by atoms with Gasteiger partial charge in [-0.25, -0.2) is 8.42 Å². The van der Waals surface area contributed by atoms with Crippen LogP contribution in [0.3, 0.4) is 0 Å². The fourth-order valence-electron chi connectivity index (χ4n) is 3.64. The standard InChI is InChI=1S/C25H34BrN3O4S/c1-5-15-27-25(31)20(3)28(18-21-11-8-12-22(26)17-21)24(30)14-9-16-29(34(4,32)33)23-13-7-6-10-19(23)2/h6-8,10-13,17,20H,5,9,14-16,18H2,1-4H3,(H,27,31)/t20-/m1/s1. The Morgan fingerprint density at radius 3 is 2.44 bits per heavy atom. The highest BCUT2D eigenvalue weighted by atomic mass is 79.9. The zero-order valence-corrected chi connectivity index (χ0v) is 22.7. The van der Waals surface area contributed by atoms with Crippen molar-refractivity contribution in [2.75, 3.05) is 23.7 Å². The SMILES string of the molecule is CCCNC(=O)[C@@H](C)N(Cc1cccc(Br)c1)C(=O)CCCN(c1ccccc1C)S(C)(=O)=O. The highest BCUT2D eigenvalue weighted by Gasteiger charge is 2.26. The molecule has 0 aromatic heterocycles. The Kier molecular flexibility index (Phi) is 10.6. The number of hydrogen-bond acceptors (Lipinski definition) is 4. The van der Waals surface area contributed by atoms with E-state index in [1.807, 2.05) is 50.2 Å². The predicted molar refractivity (Wildman–Crippen MR) is 140 cm³/mol. The number of benzene rings is 2. The number of carbonyl (C=O) groups is 2. The second-order valence-electron chi connectivity index (χ2n) is 8.34. The Morgan fingerprint density at radius 1 is 1.12 bits per heavy atom. The number of halogens is 1. The summed E-state index contributed by atoms with van der Waals surface area (Å²) < 4.78 is 27.1. The van der Waals surface area contributed by atoms with Gasteiger partial charge >= 0.3 is 0 Å². The molecule has 0 fully saturated rings. The molecule has 2 rings (SSSR count). The van der Waals surface area contributed by atoms with Gasteiger partial charge in [0.05, 0.1) is 11.9 Å². The Labute approximate surface area is 211 Å². The van der Waals surface area contributed by atoms with Crippen LogP contribution in [0.5, 0.6) is 0 Å². The molecule has 0 spiro atoms. The molecule has 0 saturated carbocycles. The molecule has 0 radical (unpaired) electrons. The maximum Gasteiger partial charge on any atom is 0.242 e. The topological polar surface area (TPSA) is 86.8 Å². The van der Waals surface area contributed by atoms with Gasteiger partial charge in [0.15, 0.2) is 0 Å². The van der Waals surface area contributed by atoms with Gasteiger partial charge in [0.1, 0.15) is 6.04 Å². The molecule has 0 aliphatic heterocycles. The van der Waals surface area contributed by atoms with Crippen molar-refractivity contribution < 1.29 is 18.0 Å². The lowest BCUT2D eigenvalue weighted by Gasteiger charge is -2.29. The molecule has 2 amide bonds. The summed E-state index contributed by atoms with van der Waals surface area (Å²) in [6, 6.07) is 14.2. The Hall–Kier alpha value is -2.39. The molecule has 9 heteroatoms. The first-order chi connectivity index (χ1) is 16.0. The summed E-state index contributed by atoms with van der Waals surface area (Å²) >= 11 is 3.45. The number of sulfonamides is 1. The second kappa shape index (κ2) is 12.9. The van der Waals surface area contributed by atoms with Gasteiger partial charge in [-0.3, -0.25) is 13.9 Å². The van der Waals surface area contributed by atoms with E-state index in [9.17, 15) is 18.0 Å².